The number of nitrogens with zero attached hydrogens (tertiary/aromatic N) is 3. The molecule has 3 N–H and O–H groups in total. The third kappa shape index (κ3) is 5.43. The van der Waals surface area contributed by atoms with Gasteiger partial charge in [0.1, 0.15) is 22.9 Å². The number of halogens is 6. The summed E-state index contributed by atoms with van der Waals surface area (Å²) in [5.41, 5.74) is -2.87. The average Bonchev–Trinajstić information content (AvgIpc) is 3.63. The smallest absolute Gasteiger partial charge is 0.389 e. The number of nitrogens with one attached hydrogen (secondary N) is 1. The maximum absolute atomic E-state index is 14.9. The first kappa shape index (κ1) is 26.9. The third-order valence-electron chi connectivity index (χ3n) is 6.85. The molecule has 1 aliphatic carbocycles. The van der Waals surface area contributed by atoms with Crippen LogP contribution in [0.25, 0.3) is 16.7 Å². The van der Waals surface area contributed by atoms with Crippen LogP contribution in [0.1, 0.15) is 29.6 Å². The number of pyridine rings is 2. The zero-order valence-corrected chi connectivity index (χ0v) is 20.1. The number of amides is 1. The lowest BCUT2D eigenvalue weighted by Crippen LogP contribution is -2.41. The number of β-amino-alcohol motifs (C(OH)–C–C–N with tert-alkyl or cyclic N) is 2. The van der Waals surface area contributed by atoms with Gasteiger partial charge in [-0.2, -0.15) is 13.2 Å². The van der Waals surface area contributed by atoms with Crippen molar-refractivity contribution >= 4 is 22.8 Å². The molecule has 3 heterocycles. The Morgan fingerprint density at radius 2 is 1.69 bits per heavy atom. The van der Waals surface area contributed by atoms with E-state index in [1.54, 1.807) is 0 Å². The molecule has 2 fully saturated rings. The molecular weight excluding hydrogens is 534 g/mol. The lowest BCUT2D eigenvalue weighted by Gasteiger charge is -2.21. The van der Waals surface area contributed by atoms with E-state index in [0.29, 0.717) is 25.0 Å². The number of anilines is 1. The number of carbonyl (C=O) groups excluding carboxylic acids is 1. The van der Waals surface area contributed by atoms with Crippen LogP contribution in [0.5, 0.6) is 0 Å². The Morgan fingerprint density at radius 3 is 2.26 bits per heavy atom. The molecule has 5 rings (SSSR count). The van der Waals surface area contributed by atoms with E-state index in [4.69, 9.17) is 0 Å². The van der Waals surface area contributed by atoms with Crippen LogP contribution in [0.15, 0.2) is 35.3 Å². The maximum Gasteiger partial charge on any atom is 0.391 e. The number of aliphatic hydroxyl groups is 2. The summed E-state index contributed by atoms with van der Waals surface area (Å²) in [5, 5.41) is 21.7. The van der Waals surface area contributed by atoms with Crippen molar-refractivity contribution in [1.29, 1.82) is 0 Å². The molecule has 8 nitrogen and oxygen atoms in total. The van der Waals surface area contributed by atoms with E-state index >= 15 is 0 Å². The number of alkyl halides is 3. The molecule has 1 saturated heterocycles. The molecule has 2 aliphatic rings. The first-order chi connectivity index (χ1) is 18.3. The van der Waals surface area contributed by atoms with Crippen LogP contribution in [-0.2, 0) is 0 Å². The Morgan fingerprint density at radius 1 is 1.08 bits per heavy atom. The van der Waals surface area contributed by atoms with Gasteiger partial charge in [-0.15, -0.1) is 0 Å². The largest absolute Gasteiger partial charge is 0.391 e. The zero-order valence-electron chi connectivity index (χ0n) is 20.1. The predicted molar refractivity (Wildman–Crippen MR) is 126 cm³/mol. The summed E-state index contributed by atoms with van der Waals surface area (Å²) in [6.45, 7) is -0.0726. The minimum atomic E-state index is -4.58. The van der Waals surface area contributed by atoms with Crippen molar-refractivity contribution in [3.63, 3.8) is 0 Å². The van der Waals surface area contributed by atoms with Gasteiger partial charge in [0, 0.05) is 37.5 Å². The Bertz CT molecular complexity index is 1470. The monoisotopic (exact) mass is 556 g/mol. The lowest BCUT2D eigenvalue weighted by molar-refractivity contribution is -0.140. The fourth-order valence-electron chi connectivity index (χ4n) is 4.75. The molecule has 0 radical (unpaired) electrons. The molecule has 208 valence electrons. The van der Waals surface area contributed by atoms with Gasteiger partial charge in [0.05, 0.1) is 24.0 Å². The quantitative estimate of drug-likeness (QED) is 0.404. The summed E-state index contributed by atoms with van der Waals surface area (Å²) in [5.74, 6) is -5.50. The number of carbonyl (C=O) groups is 1. The standard InChI is InChI=1S/C25H22F6N4O4/c26-12-5-15(27)21(16(28)6-12)35-8-14(24(39)32-17(11-1-2-11)7-25(29,30)31)22(38)13-3-4-20(33-23(13)35)34-9-18(36)19(37)10-34/h3-6,8,11,17-19,36-37H,1-2,7,9-10H2,(H,32,39)/t17?,18-,19-/m1/s1. The van der Waals surface area contributed by atoms with Crippen molar-refractivity contribution < 1.29 is 41.4 Å². The van der Waals surface area contributed by atoms with Crippen molar-refractivity contribution in [2.24, 2.45) is 5.92 Å². The number of rotatable bonds is 6. The van der Waals surface area contributed by atoms with Crippen LogP contribution in [0.4, 0.5) is 32.2 Å². The highest BCUT2D eigenvalue weighted by Crippen LogP contribution is 2.38. The van der Waals surface area contributed by atoms with Gasteiger partial charge >= 0.3 is 6.18 Å². The van der Waals surface area contributed by atoms with Crippen molar-refractivity contribution in [2.45, 2.75) is 43.7 Å². The van der Waals surface area contributed by atoms with E-state index in [1.165, 1.54) is 17.0 Å². The molecular formula is C25H22F6N4O4. The van der Waals surface area contributed by atoms with E-state index in [9.17, 15) is 46.1 Å². The predicted octanol–water partition coefficient (Wildman–Crippen LogP) is 2.81. The Balaban J connectivity index is 1.65. The number of fused-ring (bicyclic) bond motifs is 1. The second-order valence-electron chi connectivity index (χ2n) is 9.78. The summed E-state index contributed by atoms with van der Waals surface area (Å²) < 4.78 is 83.3. The molecule has 1 unspecified atom stereocenters. The Kier molecular flexibility index (Phi) is 6.79. The number of hydrogen-bond acceptors (Lipinski definition) is 6. The summed E-state index contributed by atoms with van der Waals surface area (Å²) in [6, 6.07) is 2.00. The Hall–Kier alpha value is -3.65. The fourth-order valence-corrected chi connectivity index (χ4v) is 4.75. The van der Waals surface area contributed by atoms with Gasteiger partial charge in [-0.05, 0) is 30.9 Å². The molecule has 1 aromatic carbocycles. The number of aromatic nitrogens is 2. The van der Waals surface area contributed by atoms with Gasteiger partial charge in [-0.25, -0.2) is 18.2 Å². The van der Waals surface area contributed by atoms with Crippen molar-refractivity contribution in [2.75, 3.05) is 18.0 Å². The van der Waals surface area contributed by atoms with Crippen LogP contribution in [0.3, 0.4) is 0 Å². The Labute approximate surface area is 216 Å². The normalized spacial score (nSPS) is 20.5. The molecule has 2 aromatic heterocycles. The molecule has 1 aliphatic heterocycles. The maximum atomic E-state index is 14.9. The molecule has 3 atom stereocenters. The first-order valence-electron chi connectivity index (χ1n) is 12.0. The molecule has 14 heteroatoms. The van der Waals surface area contributed by atoms with Gasteiger partial charge < -0.3 is 20.4 Å². The van der Waals surface area contributed by atoms with E-state index in [1.807, 2.05) is 0 Å². The van der Waals surface area contributed by atoms with E-state index in [-0.39, 0.29) is 29.9 Å². The zero-order chi connectivity index (χ0) is 28.2. The topological polar surface area (TPSA) is 108 Å². The number of hydrogen-bond donors (Lipinski definition) is 3. The van der Waals surface area contributed by atoms with Crippen molar-refractivity contribution in [3.05, 3.63) is 63.7 Å². The van der Waals surface area contributed by atoms with Crippen LogP contribution < -0.4 is 15.6 Å². The van der Waals surface area contributed by atoms with Gasteiger partial charge in [0.2, 0.25) is 5.43 Å². The molecule has 0 spiro atoms. The summed E-state index contributed by atoms with van der Waals surface area (Å²) >= 11 is 0. The average molecular weight is 556 g/mol. The highest BCUT2D eigenvalue weighted by molar-refractivity contribution is 5.97. The van der Waals surface area contributed by atoms with E-state index in [0.717, 1.165) is 10.8 Å². The highest BCUT2D eigenvalue weighted by atomic mass is 19.4. The lowest BCUT2D eigenvalue weighted by atomic mass is 10.1. The van der Waals surface area contributed by atoms with Crippen molar-refractivity contribution in [3.8, 4) is 5.69 Å². The van der Waals surface area contributed by atoms with Crippen molar-refractivity contribution in [1.82, 2.24) is 14.9 Å². The molecule has 3 aromatic rings. The van der Waals surface area contributed by atoms with Gasteiger partial charge in [0.25, 0.3) is 5.91 Å². The highest BCUT2D eigenvalue weighted by Gasteiger charge is 2.41. The van der Waals surface area contributed by atoms with Gasteiger partial charge in [-0.3, -0.25) is 14.2 Å². The third-order valence-corrected chi connectivity index (χ3v) is 6.85. The van der Waals surface area contributed by atoms with Gasteiger partial charge in [-0.1, -0.05) is 0 Å². The van der Waals surface area contributed by atoms with Crippen LogP contribution in [0, 0.1) is 23.4 Å². The first-order valence-corrected chi connectivity index (χ1v) is 12.0. The minimum absolute atomic E-state index is 0.0363. The number of aliphatic hydroxyl groups excluding tert-OH is 2. The summed E-state index contributed by atoms with van der Waals surface area (Å²) in [7, 11) is 0. The molecule has 1 saturated carbocycles. The minimum Gasteiger partial charge on any atom is -0.389 e. The summed E-state index contributed by atoms with van der Waals surface area (Å²) in [6.07, 6.45) is -6.42. The second kappa shape index (κ2) is 9.83. The summed E-state index contributed by atoms with van der Waals surface area (Å²) in [4.78, 5) is 32.1. The fraction of sp³-hybridized carbons (Fsp3) is 0.400. The van der Waals surface area contributed by atoms with Gasteiger partial charge in [0.15, 0.2) is 17.3 Å². The second-order valence-corrected chi connectivity index (χ2v) is 9.78. The van der Waals surface area contributed by atoms with E-state index in [2.05, 4.69) is 10.3 Å². The van der Waals surface area contributed by atoms with Crippen LogP contribution in [0.2, 0.25) is 0 Å². The molecule has 0 bridgehead atoms. The van der Waals surface area contributed by atoms with E-state index < -0.39 is 76.8 Å². The van der Waals surface area contributed by atoms with Crippen LogP contribution in [-0.4, -0.2) is 63.2 Å². The molecule has 39 heavy (non-hydrogen) atoms. The molecule has 1 amide bonds. The SMILES string of the molecule is O=C(NC(CC(F)(F)F)C1CC1)c1cn(-c2c(F)cc(F)cc2F)c2nc(N3C[C@@H](O)[C@H](O)C3)ccc2c1=O. The van der Waals surface area contributed by atoms with Crippen LogP contribution >= 0.6 is 0 Å². The number of benzene rings is 1.